The molecule has 4 heteroatoms. The Labute approximate surface area is 115 Å². The van der Waals surface area contributed by atoms with Gasteiger partial charge in [-0.05, 0) is 17.9 Å². The number of nitrogens with two attached hydrogens (primary N) is 1. The van der Waals surface area contributed by atoms with E-state index in [2.05, 4.69) is 5.32 Å². The zero-order valence-corrected chi connectivity index (χ0v) is 11.7. The smallest absolute Gasteiger partial charge is 0.237 e. The summed E-state index contributed by atoms with van der Waals surface area (Å²) in [5.41, 5.74) is 6.96. The van der Waals surface area contributed by atoms with Crippen LogP contribution in [0.2, 0.25) is 0 Å². The molecule has 19 heavy (non-hydrogen) atoms. The van der Waals surface area contributed by atoms with Crippen LogP contribution in [0.3, 0.4) is 0 Å². The van der Waals surface area contributed by atoms with E-state index in [1.165, 1.54) is 0 Å². The number of aliphatic hydroxyl groups is 1. The van der Waals surface area contributed by atoms with Crippen molar-refractivity contribution in [2.45, 2.75) is 38.8 Å². The largest absolute Gasteiger partial charge is 0.394 e. The van der Waals surface area contributed by atoms with E-state index in [1.807, 2.05) is 44.2 Å². The predicted molar refractivity (Wildman–Crippen MR) is 76.6 cm³/mol. The Kier molecular flexibility index (Phi) is 6.53. The molecule has 0 fully saturated rings. The van der Waals surface area contributed by atoms with Crippen LogP contribution in [0.15, 0.2) is 30.3 Å². The summed E-state index contributed by atoms with van der Waals surface area (Å²) >= 11 is 0. The second-order valence-corrected chi connectivity index (χ2v) is 4.99. The lowest BCUT2D eigenvalue weighted by molar-refractivity contribution is -0.124. The highest BCUT2D eigenvalue weighted by Crippen LogP contribution is 2.07. The summed E-state index contributed by atoms with van der Waals surface area (Å²) in [6.07, 6.45) is 1.47. The Balaban J connectivity index is 2.55. The molecule has 3 atom stereocenters. The summed E-state index contributed by atoms with van der Waals surface area (Å²) in [6.45, 7) is 3.87. The molecule has 0 heterocycles. The number of hydrogen-bond acceptors (Lipinski definition) is 3. The number of hydrogen-bond donors (Lipinski definition) is 3. The first-order chi connectivity index (χ1) is 9.08. The average molecular weight is 264 g/mol. The van der Waals surface area contributed by atoms with Crippen LogP contribution in [-0.4, -0.2) is 29.7 Å². The van der Waals surface area contributed by atoms with Crippen LogP contribution in [0.25, 0.3) is 0 Å². The summed E-state index contributed by atoms with van der Waals surface area (Å²) in [6, 6.07) is 8.97. The van der Waals surface area contributed by atoms with Crippen molar-refractivity contribution in [1.82, 2.24) is 5.32 Å². The average Bonchev–Trinajstić information content (AvgIpc) is 2.45. The molecule has 0 aliphatic rings. The Hall–Kier alpha value is -1.39. The molecule has 1 aromatic carbocycles. The molecule has 0 aliphatic carbocycles. The molecule has 4 N–H and O–H groups in total. The van der Waals surface area contributed by atoms with Gasteiger partial charge in [-0.3, -0.25) is 4.79 Å². The zero-order valence-electron chi connectivity index (χ0n) is 11.7. The number of carbonyl (C=O) groups is 1. The third-order valence-corrected chi connectivity index (χ3v) is 3.45. The van der Waals surface area contributed by atoms with Gasteiger partial charge in [0.15, 0.2) is 0 Å². The second-order valence-electron chi connectivity index (χ2n) is 4.99. The van der Waals surface area contributed by atoms with Crippen LogP contribution >= 0.6 is 0 Å². The van der Waals surface area contributed by atoms with Gasteiger partial charge in [-0.1, -0.05) is 50.6 Å². The summed E-state index contributed by atoms with van der Waals surface area (Å²) in [5, 5.41) is 12.2. The zero-order chi connectivity index (χ0) is 14.3. The van der Waals surface area contributed by atoms with Crippen LogP contribution in [0.1, 0.15) is 25.8 Å². The number of nitrogens with one attached hydrogen (secondary N) is 1. The monoisotopic (exact) mass is 264 g/mol. The minimum atomic E-state index is -0.519. The minimum Gasteiger partial charge on any atom is -0.394 e. The Bertz CT molecular complexity index is 381. The standard InChI is InChI=1S/C15H24N2O2/c1-3-11(2)14(16)15(19)17-13(10-18)9-12-7-5-4-6-8-12/h4-8,11,13-14,18H,3,9-10,16H2,1-2H3,(H,17,19)/t11?,13-,14?/m1/s1. The molecule has 2 unspecified atom stereocenters. The molecular formula is C15H24N2O2. The maximum atomic E-state index is 12.0. The third kappa shape index (κ3) is 5.01. The van der Waals surface area contributed by atoms with Crippen LogP contribution in [0, 0.1) is 5.92 Å². The van der Waals surface area contributed by atoms with Crippen molar-refractivity contribution in [2.24, 2.45) is 11.7 Å². The molecule has 0 radical (unpaired) electrons. The third-order valence-electron chi connectivity index (χ3n) is 3.45. The highest BCUT2D eigenvalue weighted by Gasteiger charge is 2.21. The maximum absolute atomic E-state index is 12.0. The molecule has 1 aromatic rings. The normalized spacial score (nSPS) is 15.6. The van der Waals surface area contributed by atoms with Gasteiger partial charge in [0.05, 0.1) is 18.7 Å². The summed E-state index contributed by atoms with van der Waals surface area (Å²) in [7, 11) is 0. The molecule has 4 nitrogen and oxygen atoms in total. The molecule has 0 saturated heterocycles. The summed E-state index contributed by atoms with van der Waals surface area (Å²) < 4.78 is 0. The molecule has 0 aliphatic heterocycles. The second kappa shape index (κ2) is 7.92. The fourth-order valence-electron chi connectivity index (χ4n) is 1.87. The maximum Gasteiger partial charge on any atom is 0.237 e. The SMILES string of the molecule is CCC(C)C(N)C(=O)N[C@@H](CO)Cc1ccccc1. The Morgan fingerprint density at radius 3 is 2.53 bits per heavy atom. The molecule has 1 rings (SSSR count). The molecular weight excluding hydrogens is 240 g/mol. The van der Waals surface area contributed by atoms with Crippen molar-refractivity contribution < 1.29 is 9.90 Å². The molecule has 0 saturated carbocycles. The number of aliphatic hydroxyl groups excluding tert-OH is 1. The number of amides is 1. The van der Waals surface area contributed by atoms with Gasteiger partial charge in [0, 0.05) is 0 Å². The molecule has 1 amide bonds. The van der Waals surface area contributed by atoms with Crippen LogP contribution in [0.5, 0.6) is 0 Å². The van der Waals surface area contributed by atoms with Gasteiger partial charge in [0.1, 0.15) is 0 Å². The highest BCUT2D eigenvalue weighted by atomic mass is 16.3. The van der Waals surface area contributed by atoms with Crippen molar-refractivity contribution in [3.8, 4) is 0 Å². The minimum absolute atomic E-state index is 0.0894. The van der Waals surface area contributed by atoms with E-state index >= 15 is 0 Å². The first-order valence-corrected chi connectivity index (χ1v) is 6.79. The lowest BCUT2D eigenvalue weighted by Crippen LogP contribution is -2.50. The van der Waals surface area contributed by atoms with E-state index in [0.717, 1.165) is 12.0 Å². The first-order valence-electron chi connectivity index (χ1n) is 6.79. The van der Waals surface area contributed by atoms with E-state index in [1.54, 1.807) is 0 Å². The molecule has 0 spiro atoms. The van der Waals surface area contributed by atoms with E-state index in [-0.39, 0.29) is 24.5 Å². The quantitative estimate of drug-likeness (QED) is 0.690. The molecule has 0 aromatic heterocycles. The van der Waals surface area contributed by atoms with Crippen molar-refractivity contribution in [2.75, 3.05) is 6.61 Å². The van der Waals surface area contributed by atoms with Crippen molar-refractivity contribution >= 4 is 5.91 Å². The van der Waals surface area contributed by atoms with Crippen LogP contribution in [-0.2, 0) is 11.2 Å². The fraction of sp³-hybridized carbons (Fsp3) is 0.533. The van der Waals surface area contributed by atoms with Crippen LogP contribution < -0.4 is 11.1 Å². The topological polar surface area (TPSA) is 75.4 Å². The molecule has 106 valence electrons. The van der Waals surface area contributed by atoms with Crippen molar-refractivity contribution in [1.29, 1.82) is 0 Å². The van der Waals surface area contributed by atoms with E-state index < -0.39 is 6.04 Å². The van der Waals surface area contributed by atoms with Gasteiger partial charge in [0.25, 0.3) is 0 Å². The van der Waals surface area contributed by atoms with Gasteiger partial charge < -0.3 is 16.2 Å². The van der Waals surface area contributed by atoms with Gasteiger partial charge >= 0.3 is 0 Å². The number of benzene rings is 1. The number of carbonyl (C=O) groups excluding carboxylic acids is 1. The fourth-order valence-corrected chi connectivity index (χ4v) is 1.87. The van der Waals surface area contributed by atoms with E-state index in [0.29, 0.717) is 6.42 Å². The highest BCUT2D eigenvalue weighted by molar-refractivity contribution is 5.82. The van der Waals surface area contributed by atoms with E-state index in [4.69, 9.17) is 5.73 Å². The lowest BCUT2D eigenvalue weighted by Gasteiger charge is -2.22. The van der Waals surface area contributed by atoms with Gasteiger partial charge in [0.2, 0.25) is 5.91 Å². The van der Waals surface area contributed by atoms with Crippen LogP contribution in [0.4, 0.5) is 0 Å². The van der Waals surface area contributed by atoms with Gasteiger partial charge in [-0.2, -0.15) is 0 Å². The van der Waals surface area contributed by atoms with E-state index in [9.17, 15) is 9.90 Å². The first kappa shape index (κ1) is 15.7. The Morgan fingerprint density at radius 2 is 2.00 bits per heavy atom. The summed E-state index contributed by atoms with van der Waals surface area (Å²) in [5.74, 6) is -0.0552. The lowest BCUT2D eigenvalue weighted by atomic mass is 9.98. The molecule has 0 bridgehead atoms. The van der Waals surface area contributed by atoms with Gasteiger partial charge in [-0.25, -0.2) is 0 Å². The van der Waals surface area contributed by atoms with Gasteiger partial charge in [-0.15, -0.1) is 0 Å². The predicted octanol–water partition coefficient (Wildman–Crippen LogP) is 1.08. The van der Waals surface area contributed by atoms with Crippen molar-refractivity contribution in [3.05, 3.63) is 35.9 Å². The van der Waals surface area contributed by atoms with Crippen molar-refractivity contribution in [3.63, 3.8) is 0 Å². The summed E-state index contributed by atoms with van der Waals surface area (Å²) in [4.78, 5) is 12.0. The Morgan fingerprint density at radius 1 is 1.37 bits per heavy atom. The number of rotatable bonds is 7.